The summed E-state index contributed by atoms with van der Waals surface area (Å²) in [6.45, 7) is 3.79. The summed E-state index contributed by atoms with van der Waals surface area (Å²) in [6.07, 6.45) is 0.962. The molecule has 4 nitrogen and oxygen atoms in total. The molecular weight excluding hydrogens is 437 g/mol. The molecule has 1 aromatic carbocycles. The van der Waals surface area contributed by atoms with Crippen LogP contribution in [0.3, 0.4) is 0 Å². The van der Waals surface area contributed by atoms with E-state index in [1.165, 1.54) is 0 Å². The zero-order valence-electron chi connectivity index (χ0n) is 11.4. The zero-order valence-corrected chi connectivity index (χ0v) is 15.1. The lowest BCUT2D eigenvalue weighted by molar-refractivity contribution is -0.149. The van der Waals surface area contributed by atoms with Crippen LogP contribution in [-0.4, -0.2) is 23.5 Å². The molecule has 2 N–H and O–H groups in total. The Labute approximate surface area is 140 Å². The van der Waals surface area contributed by atoms with Gasteiger partial charge in [-0.2, -0.15) is 0 Å². The predicted molar refractivity (Wildman–Crippen MR) is 89.8 cm³/mol. The Bertz CT molecular complexity index is 515. The van der Waals surface area contributed by atoms with Crippen LogP contribution in [0.15, 0.2) is 22.7 Å². The second-order valence-electron chi connectivity index (χ2n) is 4.60. The summed E-state index contributed by atoms with van der Waals surface area (Å²) in [4.78, 5) is 23.6. The number of hydrogen-bond donors (Lipinski definition) is 2. The topological polar surface area (TPSA) is 66.4 Å². The highest BCUT2D eigenvalue weighted by Crippen LogP contribution is 2.26. The quantitative estimate of drug-likeness (QED) is 0.645. The van der Waals surface area contributed by atoms with E-state index in [4.69, 9.17) is 0 Å². The van der Waals surface area contributed by atoms with E-state index in [9.17, 15) is 14.7 Å². The lowest BCUT2D eigenvalue weighted by Gasteiger charge is -2.26. The number of amides is 1. The second-order valence-corrected chi connectivity index (χ2v) is 6.68. The minimum atomic E-state index is -0.896. The predicted octanol–water partition coefficient (Wildman–Crippen LogP) is 3.67. The number of halogens is 2. The molecule has 0 atom stereocenters. The number of nitrogens with one attached hydrogen (secondary N) is 1. The van der Waals surface area contributed by atoms with E-state index < -0.39 is 11.4 Å². The van der Waals surface area contributed by atoms with Crippen LogP contribution in [0.5, 0.6) is 0 Å². The van der Waals surface area contributed by atoms with Gasteiger partial charge in [0.15, 0.2) is 0 Å². The van der Waals surface area contributed by atoms with Gasteiger partial charge in [0.1, 0.15) is 0 Å². The van der Waals surface area contributed by atoms with Crippen molar-refractivity contribution in [3.8, 4) is 0 Å². The van der Waals surface area contributed by atoms with Crippen molar-refractivity contribution in [2.75, 3.05) is 6.54 Å². The molecule has 0 fully saturated rings. The normalized spacial score (nSPS) is 11.2. The van der Waals surface area contributed by atoms with Gasteiger partial charge >= 0.3 is 5.97 Å². The number of rotatable bonds is 6. The average Bonchev–Trinajstić information content (AvgIpc) is 2.42. The van der Waals surface area contributed by atoms with Gasteiger partial charge in [-0.25, -0.2) is 0 Å². The molecule has 0 unspecified atom stereocenters. The van der Waals surface area contributed by atoms with Crippen LogP contribution in [0, 0.1) is 8.99 Å². The van der Waals surface area contributed by atoms with Crippen molar-refractivity contribution in [3.05, 3.63) is 31.8 Å². The van der Waals surface area contributed by atoms with Crippen molar-refractivity contribution in [1.29, 1.82) is 0 Å². The first-order chi connectivity index (χ1) is 9.36. The summed E-state index contributed by atoms with van der Waals surface area (Å²) >= 11 is 5.42. The molecule has 0 saturated heterocycles. The van der Waals surface area contributed by atoms with E-state index in [1.54, 1.807) is 6.07 Å². The Balaban J connectivity index is 2.86. The van der Waals surface area contributed by atoms with E-state index in [0.29, 0.717) is 18.4 Å². The number of carbonyl (C=O) groups excluding carboxylic acids is 1. The summed E-state index contributed by atoms with van der Waals surface area (Å²) in [6, 6.07) is 5.43. The molecule has 1 aromatic rings. The lowest BCUT2D eigenvalue weighted by atomic mass is 9.82. The summed E-state index contributed by atoms with van der Waals surface area (Å²) in [5.41, 5.74) is -0.348. The van der Waals surface area contributed by atoms with Crippen molar-refractivity contribution in [2.45, 2.75) is 26.7 Å². The van der Waals surface area contributed by atoms with Gasteiger partial charge in [-0.1, -0.05) is 29.8 Å². The van der Waals surface area contributed by atoms with Crippen molar-refractivity contribution in [1.82, 2.24) is 5.32 Å². The zero-order chi connectivity index (χ0) is 15.3. The van der Waals surface area contributed by atoms with Gasteiger partial charge in [0, 0.05) is 14.6 Å². The largest absolute Gasteiger partial charge is 0.481 e. The van der Waals surface area contributed by atoms with Gasteiger partial charge in [-0.05, 0) is 53.6 Å². The van der Waals surface area contributed by atoms with Crippen molar-refractivity contribution in [3.63, 3.8) is 0 Å². The maximum atomic E-state index is 12.2. The lowest BCUT2D eigenvalue weighted by Crippen LogP contribution is -2.42. The van der Waals surface area contributed by atoms with E-state index in [0.717, 1.165) is 8.04 Å². The highest BCUT2D eigenvalue weighted by atomic mass is 127. The Hall–Kier alpha value is -0.630. The fourth-order valence-corrected chi connectivity index (χ4v) is 2.84. The molecule has 6 heteroatoms. The highest BCUT2D eigenvalue weighted by Gasteiger charge is 2.35. The maximum Gasteiger partial charge on any atom is 0.311 e. The SMILES string of the molecule is CCC(CC)(CNC(=O)c1cc(Br)ccc1I)C(=O)O. The van der Waals surface area contributed by atoms with E-state index in [1.807, 2.05) is 26.0 Å². The van der Waals surface area contributed by atoms with E-state index >= 15 is 0 Å². The monoisotopic (exact) mass is 453 g/mol. The third-order valence-electron chi connectivity index (χ3n) is 3.57. The molecule has 1 rings (SSSR count). The number of carboxylic acids is 1. The van der Waals surface area contributed by atoms with Gasteiger partial charge in [0.05, 0.1) is 11.0 Å². The van der Waals surface area contributed by atoms with Crippen LogP contribution in [0.2, 0.25) is 0 Å². The molecule has 0 heterocycles. The summed E-state index contributed by atoms with van der Waals surface area (Å²) in [5.74, 6) is -1.12. The first-order valence-corrected chi connectivity index (χ1v) is 8.20. The fourth-order valence-electron chi connectivity index (χ4n) is 1.89. The molecule has 0 aliphatic carbocycles. The fraction of sp³-hybridized carbons (Fsp3) is 0.429. The average molecular weight is 454 g/mol. The molecule has 0 aliphatic heterocycles. The van der Waals surface area contributed by atoms with E-state index in [-0.39, 0.29) is 12.5 Å². The molecular formula is C14H17BrINO3. The van der Waals surface area contributed by atoms with Crippen LogP contribution in [-0.2, 0) is 4.79 Å². The Morgan fingerprint density at radius 2 is 1.95 bits per heavy atom. The number of hydrogen-bond acceptors (Lipinski definition) is 2. The van der Waals surface area contributed by atoms with Crippen LogP contribution in [0.4, 0.5) is 0 Å². The van der Waals surface area contributed by atoms with Crippen LogP contribution >= 0.6 is 38.5 Å². The molecule has 0 saturated carbocycles. The highest BCUT2D eigenvalue weighted by molar-refractivity contribution is 14.1. The summed E-state index contributed by atoms with van der Waals surface area (Å²) < 4.78 is 1.65. The van der Waals surface area contributed by atoms with Gasteiger partial charge in [-0.15, -0.1) is 0 Å². The second kappa shape index (κ2) is 7.40. The standard InChI is InChI=1S/C14H17BrINO3/c1-3-14(4-2,13(19)20)8-17-12(18)10-7-9(15)5-6-11(10)16/h5-7H,3-4,8H2,1-2H3,(H,17,18)(H,19,20). The first-order valence-electron chi connectivity index (χ1n) is 6.33. The van der Waals surface area contributed by atoms with Gasteiger partial charge in [-0.3, -0.25) is 9.59 Å². The third-order valence-corrected chi connectivity index (χ3v) is 5.00. The molecule has 0 bridgehead atoms. The van der Waals surface area contributed by atoms with Crippen LogP contribution < -0.4 is 5.32 Å². The van der Waals surface area contributed by atoms with Crippen molar-refractivity contribution in [2.24, 2.45) is 5.41 Å². The molecule has 110 valence electrons. The Kier molecular flexibility index (Phi) is 6.44. The molecule has 0 aromatic heterocycles. The van der Waals surface area contributed by atoms with Crippen molar-refractivity contribution >= 4 is 50.4 Å². The number of carboxylic acid groups (broad SMARTS) is 1. The van der Waals surface area contributed by atoms with Gasteiger partial charge in [0.25, 0.3) is 5.91 Å². The Morgan fingerprint density at radius 3 is 2.45 bits per heavy atom. The number of aliphatic carboxylic acids is 1. The smallest absolute Gasteiger partial charge is 0.311 e. The van der Waals surface area contributed by atoms with Crippen LogP contribution in [0.1, 0.15) is 37.0 Å². The van der Waals surface area contributed by atoms with Gasteiger partial charge < -0.3 is 10.4 Å². The van der Waals surface area contributed by atoms with Gasteiger partial charge in [0.2, 0.25) is 0 Å². The molecule has 0 aliphatic rings. The maximum absolute atomic E-state index is 12.2. The number of benzene rings is 1. The molecule has 0 radical (unpaired) electrons. The molecule has 0 spiro atoms. The summed E-state index contributed by atoms with van der Waals surface area (Å²) in [7, 11) is 0. The van der Waals surface area contributed by atoms with E-state index in [2.05, 4.69) is 43.8 Å². The molecule has 20 heavy (non-hydrogen) atoms. The number of carbonyl (C=O) groups is 2. The third kappa shape index (κ3) is 3.94. The molecule has 1 amide bonds. The minimum Gasteiger partial charge on any atom is -0.481 e. The summed E-state index contributed by atoms with van der Waals surface area (Å²) in [5, 5.41) is 12.1. The van der Waals surface area contributed by atoms with Crippen LogP contribution in [0.25, 0.3) is 0 Å². The Morgan fingerprint density at radius 1 is 1.35 bits per heavy atom. The van der Waals surface area contributed by atoms with Crippen molar-refractivity contribution < 1.29 is 14.7 Å². The minimum absolute atomic E-state index is 0.136. The first kappa shape index (κ1) is 17.4.